The summed E-state index contributed by atoms with van der Waals surface area (Å²) in [4.78, 5) is 14.8. The number of sulfonamides is 1. The van der Waals surface area contributed by atoms with E-state index < -0.39 is 10.0 Å². The number of hydrogen-bond acceptors (Lipinski definition) is 6. The summed E-state index contributed by atoms with van der Waals surface area (Å²) in [5.41, 5.74) is 0.938. The van der Waals surface area contributed by atoms with Crippen LogP contribution in [0, 0.1) is 0 Å². The number of amides is 1. The van der Waals surface area contributed by atoms with Crippen molar-refractivity contribution in [2.75, 3.05) is 14.1 Å². The maximum absolute atomic E-state index is 13.3. The Hall–Kier alpha value is -2.46. The summed E-state index contributed by atoms with van der Waals surface area (Å²) in [6.45, 7) is 0.114. The van der Waals surface area contributed by atoms with Crippen molar-refractivity contribution in [3.63, 3.8) is 0 Å². The molecule has 3 aromatic rings. The van der Waals surface area contributed by atoms with E-state index in [9.17, 15) is 13.2 Å². The molecule has 11 heteroatoms. The molecule has 4 rings (SSSR count). The molecule has 0 atom stereocenters. The molecule has 32 heavy (non-hydrogen) atoms. The van der Waals surface area contributed by atoms with E-state index in [0.717, 1.165) is 17.1 Å². The highest BCUT2D eigenvalue weighted by Gasteiger charge is 2.35. The van der Waals surface area contributed by atoms with Gasteiger partial charge < -0.3 is 9.32 Å². The fourth-order valence-electron chi connectivity index (χ4n) is 3.12. The Morgan fingerprint density at radius 2 is 1.78 bits per heavy atom. The lowest BCUT2D eigenvalue weighted by molar-refractivity contribution is 0.0714. The minimum atomic E-state index is -3.80. The van der Waals surface area contributed by atoms with Crippen molar-refractivity contribution in [3.05, 3.63) is 64.0 Å². The van der Waals surface area contributed by atoms with Gasteiger partial charge in [0.25, 0.3) is 5.91 Å². The van der Waals surface area contributed by atoms with Crippen LogP contribution in [0.5, 0.6) is 0 Å². The van der Waals surface area contributed by atoms with Crippen LogP contribution in [0.25, 0.3) is 11.5 Å². The Bertz CT molecular complexity index is 1260. The maximum atomic E-state index is 13.3. The van der Waals surface area contributed by atoms with Crippen LogP contribution in [0.3, 0.4) is 0 Å². The van der Waals surface area contributed by atoms with Gasteiger partial charge in [0.2, 0.25) is 21.8 Å². The Balaban J connectivity index is 1.59. The Morgan fingerprint density at radius 3 is 2.41 bits per heavy atom. The summed E-state index contributed by atoms with van der Waals surface area (Å²) in [7, 11) is -0.988. The van der Waals surface area contributed by atoms with Crippen molar-refractivity contribution in [1.82, 2.24) is 19.4 Å². The average Bonchev–Trinajstić information content (AvgIpc) is 3.50. The van der Waals surface area contributed by atoms with Crippen molar-refractivity contribution >= 4 is 39.1 Å². The predicted octanol–water partition coefficient (Wildman–Crippen LogP) is 4.10. The van der Waals surface area contributed by atoms with Crippen molar-refractivity contribution in [3.8, 4) is 11.5 Å². The normalized spacial score (nSPS) is 14.0. The maximum Gasteiger partial charge on any atom is 0.254 e. The third-order valence-electron chi connectivity index (χ3n) is 5.05. The molecule has 0 aliphatic heterocycles. The van der Waals surface area contributed by atoms with E-state index in [2.05, 4.69) is 10.2 Å². The van der Waals surface area contributed by atoms with Gasteiger partial charge in [0, 0.05) is 36.3 Å². The zero-order chi connectivity index (χ0) is 23.0. The molecule has 1 aromatic heterocycles. The van der Waals surface area contributed by atoms with Crippen molar-refractivity contribution in [1.29, 1.82) is 0 Å². The molecule has 1 aliphatic rings. The fraction of sp³-hybridized carbons (Fsp3) is 0.286. The summed E-state index contributed by atoms with van der Waals surface area (Å²) >= 11 is 12.0. The molecule has 0 spiro atoms. The number of rotatable bonds is 7. The lowest BCUT2D eigenvalue weighted by atomic mass is 10.2. The van der Waals surface area contributed by atoms with E-state index in [1.165, 1.54) is 32.3 Å². The summed E-state index contributed by atoms with van der Waals surface area (Å²) in [6.07, 6.45) is 1.70. The predicted molar refractivity (Wildman–Crippen MR) is 120 cm³/mol. The number of halogens is 2. The van der Waals surface area contributed by atoms with Gasteiger partial charge in [0.05, 0.1) is 11.6 Å². The molecule has 1 saturated carbocycles. The molecule has 1 amide bonds. The molecule has 2 aromatic carbocycles. The number of aromatic nitrogens is 2. The SMILES string of the molecule is CN(C)S(=O)(=O)c1cc(C(=O)N(Cc2nnc(-c3ccc(Cl)cc3)o2)C2CC2)ccc1Cl. The standard InChI is InChI=1S/C21H20Cl2N4O4S/c1-26(2)32(29,30)18-11-14(5-10-17(18)23)21(28)27(16-8-9-16)12-19-24-25-20(31-19)13-3-6-15(22)7-4-13/h3-7,10-11,16H,8-9,12H2,1-2H3. The summed E-state index contributed by atoms with van der Waals surface area (Å²) < 4.78 is 31.9. The Kier molecular flexibility index (Phi) is 6.26. The number of benzene rings is 2. The first-order valence-electron chi connectivity index (χ1n) is 9.78. The van der Waals surface area contributed by atoms with Crippen LogP contribution in [0.15, 0.2) is 51.8 Å². The molecule has 0 N–H and O–H groups in total. The molecule has 8 nitrogen and oxygen atoms in total. The van der Waals surface area contributed by atoms with Gasteiger partial charge in [-0.25, -0.2) is 12.7 Å². The Labute approximate surface area is 195 Å². The monoisotopic (exact) mass is 494 g/mol. The number of nitrogens with zero attached hydrogens (tertiary/aromatic N) is 4. The number of carbonyl (C=O) groups is 1. The van der Waals surface area contributed by atoms with Gasteiger partial charge in [0.15, 0.2) is 0 Å². The largest absolute Gasteiger partial charge is 0.419 e. The highest BCUT2D eigenvalue weighted by atomic mass is 35.5. The first kappa shape index (κ1) is 22.7. The Morgan fingerprint density at radius 1 is 1.09 bits per heavy atom. The van der Waals surface area contributed by atoms with Crippen LogP contribution in [0.1, 0.15) is 29.1 Å². The molecule has 1 aliphatic carbocycles. The van der Waals surface area contributed by atoms with Crippen LogP contribution in [0.2, 0.25) is 10.0 Å². The van der Waals surface area contributed by atoms with E-state index in [0.29, 0.717) is 16.5 Å². The van der Waals surface area contributed by atoms with Crippen LogP contribution in [-0.4, -0.2) is 53.9 Å². The molecule has 1 heterocycles. The van der Waals surface area contributed by atoms with Crippen LogP contribution >= 0.6 is 23.2 Å². The second-order valence-corrected chi connectivity index (χ2v) is 10.6. The van der Waals surface area contributed by atoms with Gasteiger partial charge >= 0.3 is 0 Å². The zero-order valence-electron chi connectivity index (χ0n) is 17.3. The second kappa shape index (κ2) is 8.82. The van der Waals surface area contributed by atoms with E-state index >= 15 is 0 Å². The van der Waals surface area contributed by atoms with Crippen molar-refractivity contribution in [2.24, 2.45) is 0 Å². The van der Waals surface area contributed by atoms with Crippen LogP contribution < -0.4 is 0 Å². The molecule has 168 valence electrons. The summed E-state index contributed by atoms with van der Waals surface area (Å²) in [5, 5.41) is 8.77. The second-order valence-electron chi connectivity index (χ2n) is 7.60. The van der Waals surface area contributed by atoms with Gasteiger partial charge in [-0.1, -0.05) is 23.2 Å². The molecule has 0 saturated heterocycles. The molecule has 0 radical (unpaired) electrons. The van der Waals surface area contributed by atoms with Crippen LogP contribution in [-0.2, 0) is 16.6 Å². The molecule has 0 bridgehead atoms. The highest BCUT2D eigenvalue weighted by Crippen LogP contribution is 2.32. The van der Waals surface area contributed by atoms with E-state index in [1.807, 2.05) is 0 Å². The first-order valence-corrected chi connectivity index (χ1v) is 12.0. The minimum Gasteiger partial charge on any atom is -0.419 e. The lowest BCUT2D eigenvalue weighted by Gasteiger charge is -2.21. The average molecular weight is 495 g/mol. The number of carbonyl (C=O) groups excluding carboxylic acids is 1. The van der Waals surface area contributed by atoms with E-state index in [1.54, 1.807) is 29.2 Å². The molecular weight excluding hydrogens is 475 g/mol. The molecule has 0 unspecified atom stereocenters. The smallest absolute Gasteiger partial charge is 0.254 e. The van der Waals surface area contributed by atoms with Gasteiger partial charge in [-0.15, -0.1) is 10.2 Å². The zero-order valence-corrected chi connectivity index (χ0v) is 19.7. The molecular formula is C21H20Cl2N4O4S. The third kappa shape index (κ3) is 4.66. The third-order valence-corrected chi connectivity index (χ3v) is 7.60. The van der Waals surface area contributed by atoms with E-state index in [4.69, 9.17) is 27.6 Å². The van der Waals surface area contributed by atoms with Gasteiger partial charge in [-0.2, -0.15) is 0 Å². The molecule has 1 fully saturated rings. The van der Waals surface area contributed by atoms with Gasteiger partial charge in [-0.3, -0.25) is 4.79 Å². The fourth-order valence-corrected chi connectivity index (χ4v) is 4.64. The quantitative estimate of drug-likeness (QED) is 0.490. The highest BCUT2D eigenvalue weighted by molar-refractivity contribution is 7.89. The van der Waals surface area contributed by atoms with Gasteiger partial charge in [0.1, 0.15) is 4.90 Å². The lowest BCUT2D eigenvalue weighted by Crippen LogP contribution is -2.33. The minimum absolute atomic E-state index is 0.0259. The van der Waals surface area contributed by atoms with Crippen LogP contribution in [0.4, 0.5) is 0 Å². The topological polar surface area (TPSA) is 96.6 Å². The van der Waals surface area contributed by atoms with Gasteiger partial charge in [-0.05, 0) is 55.3 Å². The van der Waals surface area contributed by atoms with E-state index in [-0.39, 0.29) is 39.9 Å². The van der Waals surface area contributed by atoms with Crippen molar-refractivity contribution in [2.45, 2.75) is 30.3 Å². The summed E-state index contributed by atoms with van der Waals surface area (Å²) in [5.74, 6) is 0.279. The first-order chi connectivity index (χ1) is 15.2. The van der Waals surface area contributed by atoms with Crippen molar-refractivity contribution < 1.29 is 17.6 Å². The summed E-state index contributed by atoms with van der Waals surface area (Å²) in [6, 6.07) is 11.2. The number of hydrogen-bond donors (Lipinski definition) is 0.